The molecule has 2 aromatic heterocycles. The number of carbonyl (C=O) groups excluding carboxylic acids is 1. The molecule has 0 aliphatic heterocycles. The number of nitrogens with zero attached hydrogens (tertiary/aromatic N) is 4. The summed E-state index contributed by atoms with van der Waals surface area (Å²) in [5.74, 6) is 1.87. The van der Waals surface area contributed by atoms with Crippen molar-refractivity contribution in [1.29, 1.82) is 0 Å². The van der Waals surface area contributed by atoms with Gasteiger partial charge >= 0.3 is 0 Å². The predicted molar refractivity (Wildman–Crippen MR) is 109 cm³/mol. The third-order valence-electron chi connectivity index (χ3n) is 5.58. The van der Waals surface area contributed by atoms with Crippen LogP contribution in [0.2, 0.25) is 0 Å². The molecule has 142 valence electrons. The van der Waals surface area contributed by atoms with Crippen LogP contribution in [-0.2, 0) is 0 Å². The molecular weight excluding hydrogens is 344 g/mol. The average Bonchev–Trinajstić information content (AvgIpc) is 2.98. The normalized spacial score (nSPS) is 15.4. The fourth-order valence-electron chi connectivity index (χ4n) is 3.97. The van der Waals surface area contributed by atoms with E-state index in [-0.39, 0.29) is 5.91 Å². The molecule has 1 saturated carbocycles. The van der Waals surface area contributed by atoms with Gasteiger partial charge in [-0.3, -0.25) is 4.79 Å². The lowest BCUT2D eigenvalue weighted by Crippen LogP contribution is -2.38. The zero-order valence-electron chi connectivity index (χ0n) is 16.6. The van der Waals surface area contributed by atoms with Gasteiger partial charge in [-0.15, -0.1) is 11.3 Å². The second-order valence-electron chi connectivity index (χ2n) is 7.21. The lowest BCUT2D eigenvalue weighted by atomic mass is 9.94. The fraction of sp³-hybridized carbons (Fsp3) is 0.650. The molecule has 0 bridgehead atoms. The zero-order chi connectivity index (χ0) is 18.8. The van der Waals surface area contributed by atoms with Crippen molar-refractivity contribution in [2.24, 2.45) is 0 Å². The van der Waals surface area contributed by atoms with Gasteiger partial charge in [0.2, 0.25) is 0 Å². The first-order valence-corrected chi connectivity index (χ1v) is 10.6. The van der Waals surface area contributed by atoms with Crippen LogP contribution in [-0.4, -0.2) is 47.0 Å². The summed E-state index contributed by atoms with van der Waals surface area (Å²) < 4.78 is 0. The van der Waals surface area contributed by atoms with Crippen molar-refractivity contribution in [2.75, 3.05) is 25.0 Å². The van der Waals surface area contributed by atoms with Crippen LogP contribution in [0.4, 0.5) is 5.82 Å². The Bertz CT molecular complexity index is 791. The van der Waals surface area contributed by atoms with E-state index in [2.05, 4.69) is 23.7 Å². The maximum absolute atomic E-state index is 13.2. The van der Waals surface area contributed by atoms with Gasteiger partial charge in [0.15, 0.2) is 0 Å². The van der Waals surface area contributed by atoms with Gasteiger partial charge in [-0.1, -0.05) is 19.3 Å². The summed E-state index contributed by atoms with van der Waals surface area (Å²) in [5, 5.41) is 1.05. The molecule has 0 unspecified atom stereocenters. The van der Waals surface area contributed by atoms with E-state index in [0.29, 0.717) is 6.04 Å². The number of hydrogen-bond donors (Lipinski definition) is 0. The van der Waals surface area contributed by atoms with Crippen LogP contribution in [0.1, 0.15) is 67.0 Å². The number of hydrogen-bond acceptors (Lipinski definition) is 5. The molecule has 1 amide bonds. The quantitative estimate of drug-likeness (QED) is 0.770. The minimum atomic E-state index is 0.139. The summed E-state index contributed by atoms with van der Waals surface area (Å²) in [5.41, 5.74) is 1.03. The van der Waals surface area contributed by atoms with Gasteiger partial charge in [0.25, 0.3) is 5.91 Å². The highest BCUT2D eigenvalue weighted by Crippen LogP contribution is 2.36. The summed E-state index contributed by atoms with van der Waals surface area (Å²) in [6, 6.07) is 0.371. The van der Waals surface area contributed by atoms with E-state index in [0.717, 1.165) is 58.2 Å². The van der Waals surface area contributed by atoms with Gasteiger partial charge < -0.3 is 9.80 Å². The van der Waals surface area contributed by atoms with Gasteiger partial charge in [0.1, 0.15) is 16.5 Å². The summed E-state index contributed by atoms with van der Waals surface area (Å²) in [4.78, 5) is 28.5. The topological polar surface area (TPSA) is 49.3 Å². The third-order valence-corrected chi connectivity index (χ3v) is 6.76. The molecule has 1 aliphatic carbocycles. The summed E-state index contributed by atoms with van der Waals surface area (Å²) in [7, 11) is 1.96. The van der Waals surface area contributed by atoms with Gasteiger partial charge in [0, 0.05) is 26.2 Å². The highest BCUT2D eigenvalue weighted by atomic mass is 32.1. The maximum Gasteiger partial charge on any atom is 0.264 e. The van der Waals surface area contributed by atoms with Crippen LogP contribution < -0.4 is 4.90 Å². The Kier molecular flexibility index (Phi) is 5.80. The number of rotatable bonds is 5. The standard InChI is InChI=1S/C20H30N4OS/c1-6-24(7-2)18-16-13(3)17(26-19(16)22-14(4)21-18)20(25)23(5)15-11-9-8-10-12-15/h15H,6-12H2,1-5H3. The molecule has 2 aromatic rings. The Labute approximate surface area is 160 Å². The Hall–Kier alpha value is -1.69. The molecule has 0 saturated heterocycles. The Morgan fingerprint density at radius 3 is 2.38 bits per heavy atom. The SMILES string of the molecule is CCN(CC)c1nc(C)nc2sc(C(=O)N(C)C3CCCCC3)c(C)c12. The number of aromatic nitrogens is 2. The van der Waals surface area contributed by atoms with Crippen molar-refractivity contribution in [3.8, 4) is 0 Å². The Balaban J connectivity index is 2.03. The molecule has 6 heteroatoms. The van der Waals surface area contributed by atoms with E-state index in [1.165, 1.54) is 30.6 Å². The van der Waals surface area contributed by atoms with Crippen LogP contribution in [0.3, 0.4) is 0 Å². The minimum absolute atomic E-state index is 0.139. The number of anilines is 1. The van der Waals surface area contributed by atoms with Crippen LogP contribution in [0.5, 0.6) is 0 Å². The summed E-state index contributed by atoms with van der Waals surface area (Å²) in [6.45, 7) is 10.0. The minimum Gasteiger partial charge on any atom is -0.357 e. The second kappa shape index (κ2) is 7.91. The molecule has 3 rings (SSSR count). The molecule has 1 aliphatic rings. The summed E-state index contributed by atoms with van der Waals surface area (Å²) >= 11 is 1.52. The van der Waals surface area contributed by atoms with E-state index in [4.69, 9.17) is 4.98 Å². The molecule has 5 nitrogen and oxygen atoms in total. The second-order valence-corrected chi connectivity index (χ2v) is 8.21. The largest absolute Gasteiger partial charge is 0.357 e. The van der Waals surface area contributed by atoms with Gasteiger partial charge in [0.05, 0.1) is 10.3 Å². The van der Waals surface area contributed by atoms with Crippen molar-refractivity contribution in [3.05, 3.63) is 16.3 Å². The highest BCUT2D eigenvalue weighted by Gasteiger charge is 2.27. The van der Waals surface area contributed by atoms with Crippen LogP contribution in [0, 0.1) is 13.8 Å². The number of aryl methyl sites for hydroxylation is 2. The predicted octanol–water partition coefficient (Wildman–Crippen LogP) is 4.56. The molecule has 1 fully saturated rings. The maximum atomic E-state index is 13.2. The molecule has 0 radical (unpaired) electrons. The molecule has 0 spiro atoms. The third kappa shape index (κ3) is 3.43. The number of amides is 1. The van der Waals surface area contributed by atoms with Crippen molar-refractivity contribution >= 4 is 33.3 Å². The first kappa shape index (κ1) is 19.1. The van der Waals surface area contributed by atoms with E-state index < -0.39 is 0 Å². The monoisotopic (exact) mass is 374 g/mol. The lowest BCUT2D eigenvalue weighted by molar-refractivity contribution is 0.0700. The number of carbonyl (C=O) groups is 1. The Morgan fingerprint density at radius 2 is 1.77 bits per heavy atom. The number of fused-ring (bicyclic) bond motifs is 1. The van der Waals surface area contributed by atoms with E-state index in [1.807, 2.05) is 25.8 Å². The average molecular weight is 375 g/mol. The van der Waals surface area contributed by atoms with Crippen LogP contribution in [0.15, 0.2) is 0 Å². The molecule has 0 atom stereocenters. The number of thiophene rings is 1. The van der Waals surface area contributed by atoms with Gasteiger partial charge in [-0.25, -0.2) is 9.97 Å². The van der Waals surface area contributed by atoms with Crippen molar-refractivity contribution in [1.82, 2.24) is 14.9 Å². The lowest BCUT2D eigenvalue weighted by Gasteiger charge is -2.31. The van der Waals surface area contributed by atoms with Crippen LogP contribution in [0.25, 0.3) is 10.2 Å². The Morgan fingerprint density at radius 1 is 1.12 bits per heavy atom. The van der Waals surface area contributed by atoms with Crippen molar-refractivity contribution < 1.29 is 4.79 Å². The first-order valence-electron chi connectivity index (χ1n) is 9.77. The van der Waals surface area contributed by atoms with E-state index >= 15 is 0 Å². The molecule has 2 heterocycles. The molecule has 26 heavy (non-hydrogen) atoms. The first-order chi connectivity index (χ1) is 12.5. The van der Waals surface area contributed by atoms with E-state index in [1.54, 1.807) is 0 Å². The molecule has 0 N–H and O–H groups in total. The van der Waals surface area contributed by atoms with Gasteiger partial charge in [-0.05, 0) is 46.1 Å². The van der Waals surface area contributed by atoms with Crippen LogP contribution >= 0.6 is 11.3 Å². The van der Waals surface area contributed by atoms with Gasteiger partial charge in [-0.2, -0.15) is 0 Å². The summed E-state index contributed by atoms with van der Waals surface area (Å²) in [6.07, 6.45) is 5.99. The highest BCUT2D eigenvalue weighted by molar-refractivity contribution is 7.20. The van der Waals surface area contributed by atoms with Crippen molar-refractivity contribution in [2.45, 2.75) is 65.8 Å². The smallest absolute Gasteiger partial charge is 0.264 e. The zero-order valence-corrected chi connectivity index (χ0v) is 17.4. The van der Waals surface area contributed by atoms with E-state index in [9.17, 15) is 4.79 Å². The molecular formula is C20H30N4OS. The molecule has 0 aromatic carbocycles. The fourth-order valence-corrected chi connectivity index (χ4v) is 5.18. The van der Waals surface area contributed by atoms with Crippen molar-refractivity contribution in [3.63, 3.8) is 0 Å².